The summed E-state index contributed by atoms with van der Waals surface area (Å²) in [7, 11) is 0. The summed E-state index contributed by atoms with van der Waals surface area (Å²) in [5, 5.41) is 9.07. The highest BCUT2D eigenvalue weighted by Gasteiger charge is 2.17. The summed E-state index contributed by atoms with van der Waals surface area (Å²) in [6.45, 7) is 1.97. The Balaban J connectivity index is 2.12. The Labute approximate surface area is 165 Å². The van der Waals surface area contributed by atoms with Crippen molar-refractivity contribution in [1.82, 2.24) is 0 Å². The van der Waals surface area contributed by atoms with Gasteiger partial charge in [0.1, 0.15) is 6.54 Å². The monoisotopic (exact) mass is 375 g/mol. The Hall–Kier alpha value is -1.84. The van der Waals surface area contributed by atoms with Gasteiger partial charge in [-0.05, 0) is 18.6 Å². The molecule has 0 bridgehead atoms. The van der Waals surface area contributed by atoms with E-state index in [1.807, 2.05) is 18.2 Å². The molecule has 1 rings (SSSR count). The van der Waals surface area contributed by atoms with Gasteiger partial charge < -0.3 is 10.0 Å². The van der Waals surface area contributed by atoms with Gasteiger partial charge in [0.2, 0.25) is 5.91 Å². The van der Waals surface area contributed by atoms with Gasteiger partial charge in [-0.15, -0.1) is 0 Å². The Bertz CT molecular complexity index is 516. The predicted octanol–water partition coefficient (Wildman–Crippen LogP) is 6.20. The van der Waals surface area contributed by atoms with Crippen molar-refractivity contribution in [3.63, 3.8) is 0 Å². The number of carboxylic acids is 1. The van der Waals surface area contributed by atoms with Crippen molar-refractivity contribution in [2.24, 2.45) is 0 Å². The molecule has 1 amide bonds. The van der Waals surface area contributed by atoms with E-state index in [0.29, 0.717) is 12.1 Å². The fraction of sp³-hybridized carbons (Fsp3) is 0.652. The Morgan fingerprint density at radius 2 is 1.26 bits per heavy atom. The van der Waals surface area contributed by atoms with E-state index < -0.39 is 5.97 Å². The van der Waals surface area contributed by atoms with Gasteiger partial charge in [-0.2, -0.15) is 0 Å². The molecule has 1 aromatic carbocycles. The minimum absolute atomic E-state index is 0.101. The normalized spacial score (nSPS) is 10.7. The summed E-state index contributed by atoms with van der Waals surface area (Å²) in [4.78, 5) is 24.9. The lowest BCUT2D eigenvalue weighted by Gasteiger charge is -2.20. The lowest BCUT2D eigenvalue weighted by molar-refractivity contribution is -0.136. The second kappa shape index (κ2) is 15.2. The van der Waals surface area contributed by atoms with Crippen LogP contribution in [0.2, 0.25) is 0 Å². The van der Waals surface area contributed by atoms with Gasteiger partial charge in [-0.25, -0.2) is 0 Å². The Morgan fingerprint density at radius 1 is 0.778 bits per heavy atom. The van der Waals surface area contributed by atoms with Crippen LogP contribution in [0.25, 0.3) is 0 Å². The first-order valence-electron chi connectivity index (χ1n) is 10.7. The minimum Gasteiger partial charge on any atom is -0.480 e. The first-order valence-corrected chi connectivity index (χ1v) is 10.7. The first-order chi connectivity index (χ1) is 13.1. The molecule has 0 saturated heterocycles. The van der Waals surface area contributed by atoms with Crippen molar-refractivity contribution in [3.05, 3.63) is 30.3 Å². The quantitative estimate of drug-likeness (QED) is 0.350. The summed E-state index contributed by atoms with van der Waals surface area (Å²) >= 11 is 0. The number of hydrogen-bond acceptors (Lipinski definition) is 2. The van der Waals surface area contributed by atoms with Crippen molar-refractivity contribution in [2.75, 3.05) is 11.4 Å². The summed E-state index contributed by atoms with van der Waals surface area (Å²) in [5.41, 5.74) is 0.656. The molecule has 4 heteroatoms. The molecular weight excluding hydrogens is 338 g/mol. The molecule has 0 aliphatic heterocycles. The molecule has 27 heavy (non-hydrogen) atoms. The van der Waals surface area contributed by atoms with Crippen LogP contribution in [0.5, 0.6) is 0 Å². The molecule has 0 radical (unpaired) electrons. The van der Waals surface area contributed by atoms with Crippen molar-refractivity contribution in [1.29, 1.82) is 0 Å². The Morgan fingerprint density at radius 3 is 1.74 bits per heavy atom. The highest BCUT2D eigenvalue weighted by molar-refractivity contribution is 5.97. The first kappa shape index (κ1) is 23.2. The zero-order valence-electron chi connectivity index (χ0n) is 17.0. The number of para-hydroxylation sites is 1. The third-order valence-corrected chi connectivity index (χ3v) is 4.91. The molecule has 0 unspecified atom stereocenters. The molecule has 152 valence electrons. The van der Waals surface area contributed by atoms with Gasteiger partial charge in [0.25, 0.3) is 0 Å². The Kier molecular flexibility index (Phi) is 13.1. The molecule has 0 fully saturated rings. The number of aliphatic carboxylic acids is 1. The average Bonchev–Trinajstić information content (AvgIpc) is 2.67. The number of amides is 1. The summed E-state index contributed by atoms with van der Waals surface area (Å²) in [5.74, 6) is -1.09. The minimum atomic E-state index is -0.984. The number of carbonyl (C=O) groups is 2. The van der Waals surface area contributed by atoms with Crippen LogP contribution in [0.15, 0.2) is 30.3 Å². The van der Waals surface area contributed by atoms with E-state index in [9.17, 15) is 9.59 Å². The molecule has 1 N–H and O–H groups in total. The van der Waals surface area contributed by atoms with E-state index in [1.54, 1.807) is 12.1 Å². The van der Waals surface area contributed by atoms with Crippen LogP contribution < -0.4 is 4.90 Å². The van der Waals surface area contributed by atoms with Crippen LogP contribution >= 0.6 is 0 Å². The number of nitrogens with zero attached hydrogens (tertiary/aromatic N) is 1. The lowest BCUT2D eigenvalue weighted by Crippen LogP contribution is -2.35. The van der Waals surface area contributed by atoms with Crippen LogP contribution in [0, 0.1) is 0 Å². The number of rotatable bonds is 16. The number of benzene rings is 1. The van der Waals surface area contributed by atoms with Crippen LogP contribution in [0.3, 0.4) is 0 Å². The van der Waals surface area contributed by atoms with Gasteiger partial charge >= 0.3 is 5.97 Å². The van der Waals surface area contributed by atoms with Gasteiger partial charge in [0.05, 0.1) is 0 Å². The molecule has 0 aliphatic carbocycles. The zero-order valence-corrected chi connectivity index (χ0v) is 17.0. The van der Waals surface area contributed by atoms with E-state index in [0.717, 1.165) is 19.3 Å². The molecule has 0 atom stereocenters. The van der Waals surface area contributed by atoms with E-state index in [4.69, 9.17) is 5.11 Å². The fourth-order valence-corrected chi connectivity index (χ4v) is 3.32. The fourth-order valence-electron chi connectivity index (χ4n) is 3.32. The molecule has 0 aromatic heterocycles. The number of unbranched alkanes of at least 4 members (excludes halogenated alkanes) is 11. The molecule has 0 heterocycles. The lowest BCUT2D eigenvalue weighted by atomic mass is 10.0. The third-order valence-electron chi connectivity index (χ3n) is 4.91. The van der Waals surface area contributed by atoms with Crippen molar-refractivity contribution >= 4 is 17.6 Å². The molecular formula is C23H37NO3. The molecule has 1 aromatic rings. The van der Waals surface area contributed by atoms with Crippen LogP contribution in [0.4, 0.5) is 5.69 Å². The van der Waals surface area contributed by atoms with Crippen molar-refractivity contribution in [2.45, 2.75) is 90.4 Å². The molecule has 0 saturated carbocycles. The van der Waals surface area contributed by atoms with Gasteiger partial charge in [0, 0.05) is 12.1 Å². The van der Waals surface area contributed by atoms with E-state index in [2.05, 4.69) is 6.92 Å². The highest BCUT2D eigenvalue weighted by Crippen LogP contribution is 2.17. The number of anilines is 1. The highest BCUT2D eigenvalue weighted by atomic mass is 16.4. The second-order valence-electron chi connectivity index (χ2n) is 7.35. The largest absolute Gasteiger partial charge is 0.480 e. The third kappa shape index (κ3) is 11.5. The van der Waals surface area contributed by atoms with Crippen LogP contribution in [0.1, 0.15) is 90.4 Å². The number of carbonyl (C=O) groups excluding carboxylic acids is 1. The maximum absolute atomic E-state index is 12.4. The van der Waals surface area contributed by atoms with Crippen molar-refractivity contribution < 1.29 is 14.7 Å². The van der Waals surface area contributed by atoms with Gasteiger partial charge in [0.15, 0.2) is 0 Å². The molecule has 0 aliphatic rings. The SMILES string of the molecule is CCCCCCCCCCCCCCC(=O)N(CC(=O)O)c1ccccc1. The standard InChI is InChI=1S/C23H37NO3/c1-2-3-4-5-6-7-8-9-10-11-12-16-19-22(25)24(20-23(26)27)21-17-14-13-15-18-21/h13-15,17-18H,2-12,16,19-20H2,1H3,(H,26,27). The van der Waals surface area contributed by atoms with E-state index >= 15 is 0 Å². The second-order valence-corrected chi connectivity index (χ2v) is 7.35. The smallest absolute Gasteiger partial charge is 0.323 e. The van der Waals surface area contributed by atoms with Gasteiger partial charge in [-0.3, -0.25) is 9.59 Å². The number of carboxylic acid groups (broad SMARTS) is 1. The summed E-state index contributed by atoms with van der Waals surface area (Å²) in [6.07, 6.45) is 15.5. The zero-order chi connectivity index (χ0) is 19.7. The summed E-state index contributed by atoms with van der Waals surface area (Å²) in [6, 6.07) is 9.06. The predicted molar refractivity (Wildman–Crippen MR) is 112 cm³/mol. The van der Waals surface area contributed by atoms with Gasteiger partial charge in [-0.1, -0.05) is 95.8 Å². The maximum Gasteiger partial charge on any atom is 0.323 e. The topological polar surface area (TPSA) is 57.6 Å². The van der Waals surface area contributed by atoms with Crippen molar-refractivity contribution in [3.8, 4) is 0 Å². The molecule has 0 spiro atoms. The van der Waals surface area contributed by atoms with Crippen LogP contribution in [-0.4, -0.2) is 23.5 Å². The van der Waals surface area contributed by atoms with E-state index in [-0.39, 0.29) is 12.5 Å². The maximum atomic E-state index is 12.4. The van der Waals surface area contributed by atoms with E-state index in [1.165, 1.54) is 62.7 Å². The molecule has 4 nitrogen and oxygen atoms in total. The summed E-state index contributed by atoms with van der Waals surface area (Å²) < 4.78 is 0. The van der Waals surface area contributed by atoms with Crippen LogP contribution in [-0.2, 0) is 9.59 Å². The number of hydrogen-bond donors (Lipinski definition) is 1. The average molecular weight is 376 g/mol.